The van der Waals surface area contributed by atoms with Crippen LogP contribution in [0, 0.1) is 12.8 Å². The van der Waals surface area contributed by atoms with Crippen molar-refractivity contribution in [3.05, 3.63) is 28.8 Å². The van der Waals surface area contributed by atoms with Gasteiger partial charge in [-0.1, -0.05) is 38.4 Å². The predicted octanol–water partition coefficient (Wildman–Crippen LogP) is 4.05. The number of hydrogen-bond acceptors (Lipinski definition) is 2. The van der Waals surface area contributed by atoms with E-state index in [-0.39, 0.29) is 6.10 Å². The largest absolute Gasteiger partial charge is 0.488 e. The van der Waals surface area contributed by atoms with Crippen molar-refractivity contribution in [2.45, 2.75) is 40.2 Å². The molecule has 0 spiro atoms. The van der Waals surface area contributed by atoms with E-state index in [1.165, 1.54) is 0 Å². The quantitative estimate of drug-likeness (QED) is 0.806. The Kier molecular flexibility index (Phi) is 6.51. The summed E-state index contributed by atoms with van der Waals surface area (Å²) in [5.41, 5.74) is 1.15. The van der Waals surface area contributed by atoms with Crippen molar-refractivity contribution < 1.29 is 4.74 Å². The van der Waals surface area contributed by atoms with Gasteiger partial charge >= 0.3 is 0 Å². The SMILES string of the molecule is CCC(CNCC(C)C)Oc1ccc(C)cc1Cl. The predicted molar refractivity (Wildman–Crippen MR) is 78.6 cm³/mol. The third-order valence-electron chi connectivity index (χ3n) is 2.76. The average Bonchev–Trinajstić information content (AvgIpc) is 2.30. The molecule has 0 heterocycles. The van der Waals surface area contributed by atoms with Crippen LogP contribution in [-0.2, 0) is 0 Å². The van der Waals surface area contributed by atoms with Gasteiger partial charge in [-0.05, 0) is 43.5 Å². The van der Waals surface area contributed by atoms with E-state index >= 15 is 0 Å². The molecule has 1 rings (SSSR count). The van der Waals surface area contributed by atoms with Crippen molar-refractivity contribution in [3.63, 3.8) is 0 Å². The Labute approximate surface area is 116 Å². The fourth-order valence-corrected chi connectivity index (χ4v) is 1.96. The molecule has 0 radical (unpaired) electrons. The van der Waals surface area contributed by atoms with Gasteiger partial charge in [0.1, 0.15) is 11.9 Å². The van der Waals surface area contributed by atoms with Gasteiger partial charge in [-0.15, -0.1) is 0 Å². The molecule has 3 heteroatoms. The Balaban J connectivity index is 2.51. The lowest BCUT2D eigenvalue weighted by Crippen LogP contribution is -2.33. The van der Waals surface area contributed by atoms with Crippen LogP contribution in [0.25, 0.3) is 0 Å². The average molecular weight is 270 g/mol. The Morgan fingerprint density at radius 1 is 1.28 bits per heavy atom. The minimum absolute atomic E-state index is 0.170. The van der Waals surface area contributed by atoms with Crippen LogP contribution in [-0.4, -0.2) is 19.2 Å². The first kappa shape index (κ1) is 15.3. The molecule has 2 nitrogen and oxygen atoms in total. The van der Waals surface area contributed by atoms with Crippen LogP contribution in [0.2, 0.25) is 5.02 Å². The molecule has 0 aliphatic carbocycles. The minimum atomic E-state index is 0.170. The summed E-state index contributed by atoms with van der Waals surface area (Å²) in [4.78, 5) is 0. The number of rotatable bonds is 7. The van der Waals surface area contributed by atoms with Gasteiger partial charge in [-0.3, -0.25) is 0 Å². The van der Waals surface area contributed by atoms with Gasteiger partial charge in [-0.25, -0.2) is 0 Å². The van der Waals surface area contributed by atoms with Gasteiger partial charge in [0.05, 0.1) is 5.02 Å². The highest BCUT2D eigenvalue weighted by atomic mass is 35.5. The second-order valence-corrected chi connectivity index (χ2v) is 5.54. The zero-order valence-electron chi connectivity index (χ0n) is 11.8. The zero-order valence-corrected chi connectivity index (χ0v) is 12.6. The smallest absolute Gasteiger partial charge is 0.138 e. The molecule has 0 aliphatic heterocycles. The molecule has 0 bridgehead atoms. The van der Waals surface area contributed by atoms with Crippen LogP contribution in [0.5, 0.6) is 5.75 Å². The van der Waals surface area contributed by atoms with Crippen molar-refractivity contribution in [2.75, 3.05) is 13.1 Å². The van der Waals surface area contributed by atoms with Crippen LogP contribution < -0.4 is 10.1 Å². The van der Waals surface area contributed by atoms with E-state index < -0.39 is 0 Å². The van der Waals surface area contributed by atoms with Crippen LogP contribution in [0.3, 0.4) is 0 Å². The Morgan fingerprint density at radius 3 is 2.56 bits per heavy atom. The molecule has 102 valence electrons. The van der Waals surface area contributed by atoms with E-state index in [2.05, 4.69) is 26.1 Å². The number of aryl methyl sites for hydroxylation is 1. The highest BCUT2D eigenvalue weighted by molar-refractivity contribution is 6.32. The first-order valence-electron chi connectivity index (χ1n) is 6.66. The van der Waals surface area contributed by atoms with Crippen LogP contribution in [0.15, 0.2) is 18.2 Å². The van der Waals surface area contributed by atoms with Crippen LogP contribution in [0.1, 0.15) is 32.8 Å². The van der Waals surface area contributed by atoms with E-state index in [9.17, 15) is 0 Å². The van der Waals surface area contributed by atoms with Gasteiger partial charge in [0.15, 0.2) is 0 Å². The normalized spacial score (nSPS) is 12.8. The summed E-state index contributed by atoms with van der Waals surface area (Å²) in [7, 11) is 0. The minimum Gasteiger partial charge on any atom is -0.488 e. The van der Waals surface area contributed by atoms with Gasteiger partial charge in [0.2, 0.25) is 0 Å². The highest BCUT2D eigenvalue weighted by Gasteiger charge is 2.10. The Bertz CT molecular complexity index is 366. The summed E-state index contributed by atoms with van der Waals surface area (Å²) in [6, 6.07) is 5.91. The molecular weight excluding hydrogens is 246 g/mol. The lowest BCUT2D eigenvalue weighted by atomic mass is 10.2. The van der Waals surface area contributed by atoms with E-state index in [4.69, 9.17) is 16.3 Å². The van der Waals surface area contributed by atoms with Crippen LogP contribution in [0.4, 0.5) is 0 Å². The number of hydrogen-bond donors (Lipinski definition) is 1. The van der Waals surface area contributed by atoms with Crippen molar-refractivity contribution >= 4 is 11.6 Å². The molecular formula is C15H24ClNO. The van der Waals surface area contributed by atoms with E-state index in [1.54, 1.807) is 0 Å². The first-order valence-corrected chi connectivity index (χ1v) is 7.04. The maximum Gasteiger partial charge on any atom is 0.138 e. The summed E-state index contributed by atoms with van der Waals surface area (Å²) in [5.74, 6) is 1.44. The summed E-state index contributed by atoms with van der Waals surface area (Å²) < 4.78 is 5.94. The molecule has 1 aromatic carbocycles. The highest BCUT2D eigenvalue weighted by Crippen LogP contribution is 2.26. The summed E-state index contributed by atoms with van der Waals surface area (Å²) in [6.45, 7) is 10.4. The second-order valence-electron chi connectivity index (χ2n) is 5.13. The lowest BCUT2D eigenvalue weighted by molar-refractivity contribution is 0.192. The maximum absolute atomic E-state index is 6.17. The maximum atomic E-state index is 6.17. The first-order chi connectivity index (χ1) is 8.52. The topological polar surface area (TPSA) is 21.3 Å². The fraction of sp³-hybridized carbons (Fsp3) is 0.600. The van der Waals surface area contributed by atoms with Crippen molar-refractivity contribution in [1.29, 1.82) is 0 Å². The van der Waals surface area contributed by atoms with E-state index in [0.29, 0.717) is 10.9 Å². The standard InChI is InChI=1S/C15H24ClNO/c1-5-13(10-17-9-11(2)3)18-15-7-6-12(4)8-14(15)16/h6-8,11,13,17H,5,9-10H2,1-4H3. The Morgan fingerprint density at radius 2 is 2.00 bits per heavy atom. The third kappa shape index (κ3) is 5.28. The second kappa shape index (κ2) is 7.65. The summed E-state index contributed by atoms with van der Waals surface area (Å²) in [5, 5.41) is 4.11. The van der Waals surface area contributed by atoms with E-state index in [1.807, 2.05) is 25.1 Å². The summed E-state index contributed by atoms with van der Waals surface area (Å²) >= 11 is 6.17. The van der Waals surface area contributed by atoms with Gasteiger partial charge in [-0.2, -0.15) is 0 Å². The molecule has 1 N–H and O–H groups in total. The fourth-order valence-electron chi connectivity index (χ4n) is 1.68. The zero-order chi connectivity index (χ0) is 13.5. The molecule has 0 saturated carbocycles. The van der Waals surface area contributed by atoms with Gasteiger partial charge < -0.3 is 10.1 Å². The Hall–Kier alpha value is -0.730. The molecule has 0 fully saturated rings. The molecule has 1 unspecified atom stereocenters. The van der Waals surface area contributed by atoms with Crippen molar-refractivity contribution in [2.24, 2.45) is 5.92 Å². The number of ether oxygens (including phenoxy) is 1. The molecule has 0 aliphatic rings. The van der Waals surface area contributed by atoms with Crippen LogP contribution >= 0.6 is 11.6 Å². The molecule has 1 atom stereocenters. The molecule has 18 heavy (non-hydrogen) atoms. The van der Waals surface area contributed by atoms with E-state index in [0.717, 1.165) is 30.8 Å². The number of halogens is 1. The third-order valence-corrected chi connectivity index (χ3v) is 3.06. The number of benzene rings is 1. The summed E-state index contributed by atoms with van der Waals surface area (Å²) in [6.07, 6.45) is 1.14. The molecule has 0 saturated heterocycles. The number of nitrogens with one attached hydrogen (secondary N) is 1. The molecule has 0 aromatic heterocycles. The lowest BCUT2D eigenvalue weighted by Gasteiger charge is -2.19. The van der Waals surface area contributed by atoms with Gasteiger partial charge in [0.25, 0.3) is 0 Å². The molecule has 0 amide bonds. The van der Waals surface area contributed by atoms with Crippen molar-refractivity contribution in [3.8, 4) is 5.75 Å². The monoisotopic (exact) mass is 269 g/mol. The van der Waals surface area contributed by atoms with Crippen molar-refractivity contribution in [1.82, 2.24) is 5.32 Å². The van der Waals surface area contributed by atoms with Gasteiger partial charge in [0, 0.05) is 6.54 Å². The molecule has 1 aromatic rings.